The lowest BCUT2D eigenvalue weighted by molar-refractivity contribution is 0.0998. The Morgan fingerprint density at radius 2 is 0.767 bits per heavy atom. The van der Waals surface area contributed by atoms with E-state index in [4.69, 9.17) is 0 Å². The number of para-hydroxylation sites is 1. The second kappa shape index (κ2) is 33.7. The van der Waals surface area contributed by atoms with Gasteiger partial charge in [-0.3, -0.25) is 9.69 Å². The molecule has 11 rings (SSSR count). The Hall–Kier alpha value is -8.80. The summed E-state index contributed by atoms with van der Waals surface area (Å²) >= 11 is 1.71. The molecule has 11 heteroatoms. The van der Waals surface area contributed by atoms with Crippen LogP contribution in [0.25, 0.3) is 0 Å². The van der Waals surface area contributed by atoms with Crippen LogP contribution >= 0.6 is 11.8 Å². The number of carbonyl (C=O) groups excluding carboxylic acids is 1. The fourth-order valence-corrected chi connectivity index (χ4v) is 11.9. The zero-order valence-corrected chi connectivity index (χ0v) is 57.5. The van der Waals surface area contributed by atoms with E-state index in [1.807, 2.05) is 75.6 Å². The number of benzene rings is 9. The third kappa shape index (κ3) is 19.1. The maximum absolute atomic E-state index is 13.5. The summed E-state index contributed by atoms with van der Waals surface area (Å²) in [4.78, 5) is 35.0. The first-order valence-corrected chi connectivity index (χ1v) is 32.5. The zero-order chi connectivity index (χ0) is 64.9. The number of amides is 1. The highest BCUT2D eigenvalue weighted by atomic mass is 32.2. The third-order valence-electron chi connectivity index (χ3n) is 16.2. The largest absolute Gasteiger partial charge is 0.378 e. The number of piperidine rings is 1. The van der Waals surface area contributed by atoms with Crippen molar-refractivity contribution in [1.82, 2.24) is 0 Å². The summed E-state index contributed by atoms with van der Waals surface area (Å²) in [5.41, 5.74) is 18.9. The smallest absolute Gasteiger partial charge is 0.262 e. The van der Waals surface area contributed by atoms with Crippen LogP contribution in [0.2, 0.25) is 0 Å². The standard InChI is InChI=1S/C25H31N3.C23H23N3OS.C11H15N.C11H17N.C9H13N/c1-26(2)22-13-7-19(8-14-22)25(20-9-15-23(16-10-20)27(3)4)21-11-17-24(18-12-21)28(5)6;1-24(2)17-10-12-19-21(14-17)28-22-15-18(25(3)4)11-13-20(22)26(19)23(27)16-8-6-5-7-9-16;1-3-7-11(8-4-1)12-9-5-2-6-10-12;1-4-12(5-2)11-8-6-10(3)7-9-11;1-8-5-4-6-9(7-8)10(2)3/h7-18,25H,1-6H3;5-15H,1-4H3;1,3-4,7-8H,2,5-6,9-10H2;6-9H,4-5H2,1-3H3;4-7H,1-3H3. The van der Waals surface area contributed by atoms with Gasteiger partial charge in [-0.2, -0.15) is 0 Å². The number of hydrogen-bond donors (Lipinski definition) is 0. The van der Waals surface area contributed by atoms with Crippen LogP contribution in [0.5, 0.6) is 0 Å². The fourth-order valence-electron chi connectivity index (χ4n) is 10.8. The topological polar surface area (TPSA) is 46.2 Å². The van der Waals surface area contributed by atoms with Gasteiger partial charge in [0, 0.05) is 178 Å². The van der Waals surface area contributed by atoms with Gasteiger partial charge in [-0.05, 0) is 191 Å². The van der Waals surface area contributed by atoms with Crippen LogP contribution < -0.4 is 44.1 Å². The molecule has 10 nitrogen and oxygen atoms in total. The number of anilines is 10. The van der Waals surface area contributed by atoms with Gasteiger partial charge < -0.3 is 39.2 Å². The lowest BCUT2D eigenvalue weighted by Gasteiger charge is -2.32. The van der Waals surface area contributed by atoms with E-state index in [0.29, 0.717) is 5.56 Å². The second-order valence-electron chi connectivity index (χ2n) is 24.2. The predicted molar refractivity (Wildman–Crippen MR) is 395 cm³/mol. The Morgan fingerprint density at radius 1 is 0.389 bits per heavy atom. The molecular weight excluding hydrogens is 1120 g/mol. The average molecular weight is 1220 g/mol. The highest BCUT2D eigenvalue weighted by Gasteiger charge is 2.30. The molecular formula is C79H99N9OS. The van der Waals surface area contributed by atoms with E-state index in [2.05, 4.69) is 299 Å². The molecule has 90 heavy (non-hydrogen) atoms. The molecule has 0 aromatic heterocycles. The average Bonchev–Trinajstić information content (AvgIpc) is 3.36. The molecule has 0 bridgehead atoms. The Kier molecular flexibility index (Phi) is 25.7. The quantitative estimate of drug-likeness (QED) is 0.0984. The van der Waals surface area contributed by atoms with Gasteiger partial charge >= 0.3 is 0 Å². The van der Waals surface area contributed by atoms with E-state index < -0.39 is 0 Å². The minimum absolute atomic E-state index is 0.0152. The zero-order valence-electron chi connectivity index (χ0n) is 56.7. The summed E-state index contributed by atoms with van der Waals surface area (Å²) in [5, 5.41) is 0. The van der Waals surface area contributed by atoms with Crippen molar-refractivity contribution in [2.24, 2.45) is 0 Å². The van der Waals surface area contributed by atoms with Crippen LogP contribution in [0.3, 0.4) is 0 Å². The SMILES string of the molecule is CCN(CC)c1ccc(C)cc1.CN(C)c1ccc(C(c2ccc(N(C)C)cc2)c2ccc(N(C)C)cc2)cc1.CN(C)c1ccc2c(c1)Sc1cc(N(C)C)ccc1N2C(=O)c1ccccc1.Cc1cccc(N(C)C)c1.c1ccc(N2CCCCC2)cc1. The summed E-state index contributed by atoms with van der Waals surface area (Å²) in [7, 11) is 24.7. The number of nitrogens with zero attached hydrogens (tertiary/aromatic N) is 9. The number of hydrogen-bond acceptors (Lipinski definition) is 10. The van der Waals surface area contributed by atoms with Crippen molar-refractivity contribution in [1.29, 1.82) is 0 Å². The molecule has 0 saturated carbocycles. The first kappa shape index (κ1) is 68.7. The van der Waals surface area contributed by atoms with Crippen LogP contribution in [0.15, 0.2) is 228 Å². The van der Waals surface area contributed by atoms with Crippen LogP contribution in [-0.2, 0) is 0 Å². The summed E-state index contributed by atoms with van der Waals surface area (Å²) in [5.74, 6) is 0.197. The first-order chi connectivity index (χ1) is 43.3. The molecule has 1 fully saturated rings. The lowest BCUT2D eigenvalue weighted by atomic mass is 9.85. The summed E-state index contributed by atoms with van der Waals surface area (Å²) in [6, 6.07) is 76.5. The summed E-state index contributed by atoms with van der Waals surface area (Å²) in [6.07, 6.45) is 4.12. The van der Waals surface area contributed by atoms with Gasteiger partial charge in [-0.25, -0.2) is 0 Å². The molecule has 2 aliphatic rings. The van der Waals surface area contributed by atoms with Crippen LogP contribution in [0, 0.1) is 13.8 Å². The number of rotatable bonds is 14. The predicted octanol–water partition coefficient (Wildman–Crippen LogP) is 17.9. The van der Waals surface area contributed by atoms with Crippen molar-refractivity contribution in [3.8, 4) is 0 Å². The van der Waals surface area contributed by atoms with E-state index in [9.17, 15) is 4.79 Å². The monoisotopic (exact) mass is 1220 g/mol. The molecule has 0 aliphatic carbocycles. The molecule has 0 spiro atoms. The minimum Gasteiger partial charge on any atom is -0.378 e. The first-order valence-electron chi connectivity index (χ1n) is 31.6. The van der Waals surface area contributed by atoms with Crippen molar-refractivity contribution in [2.75, 3.05) is 155 Å². The van der Waals surface area contributed by atoms with E-state index in [1.54, 1.807) is 11.8 Å². The van der Waals surface area contributed by atoms with Crippen LogP contribution in [0.4, 0.5) is 56.9 Å². The van der Waals surface area contributed by atoms with Gasteiger partial charge in [-0.1, -0.05) is 114 Å². The molecule has 0 unspecified atom stereocenters. The third-order valence-corrected chi connectivity index (χ3v) is 17.3. The van der Waals surface area contributed by atoms with Crippen LogP contribution in [0.1, 0.15) is 77.2 Å². The molecule has 9 aromatic rings. The maximum atomic E-state index is 13.5. The Labute approximate surface area is 545 Å². The van der Waals surface area contributed by atoms with Crippen molar-refractivity contribution in [3.05, 3.63) is 252 Å². The van der Waals surface area contributed by atoms with E-state index in [-0.39, 0.29) is 11.8 Å². The normalized spacial score (nSPS) is 11.9. The van der Waals surface area contributed by atoms with Gasteiger partial charge in [0.15, 0.2) is 0 Å². The highest BCUT2D eigenvalue weighted by Crippen LogP contribution is 2.50. The van der Waals surface area contributed by atoms with Crippen molar-refractivity contribution in [2.45, 2.75) is 62.7 Å². The maximum Gasteiger partial charge on any atom is 0.262 e. The van der Waals surface area contributed by atoms with Gasteiger partial charge in [0.1, 0.15) is 0 Å². The van der Waals surface area contributed by atoms with Crippen molar-refractivity contribution < 1.29 is 4.79 Å². The second-order valence-corrected chi connectivity index (χ2v) is 25.3. The number of fused-ring (bicyclic) bond motifs is 2. The Balaban J connectivity index is 0.000000172. The van der Waals surface area contributed by atoms with E-state index in [0.717, 1.165) is 45.6 Å². The van der Waals surface area contributed by atoms with Gasteiger partial charge in [0.05, 0.1) is 11.4 Å². The fraction of sp³-hybridized carbons (Fsp3) is 0.304. The Morgan fingerprint density at radius 3 is 1.14 bits per heavy atom. The highest BCUT2D eigenvalue weighted by molar-refractivity contribution is 7.99. The van der Waals surface area contributed by atoms with Gasteiger partial charge in [0.25, 0.3) is 5.91 Å². The molecule has 0 N–H and O–H groups in total. The molecule has 2 aliphatic heterocycles. The molecule has 472 valence electrons. The summed E-state index contributed by atoms with van der Waals surface area (Å²) < 4.78 is 0. The molecule has 1 saturated heterocycles. The van der Waals surface area contributed by atoms with Gasteiger partial charge in [0.2, 0.25) is 0 Å². The molecule has 2 heterocycles. The lowest BCUT2D eigenvalue weighted by Crippen LogP contribution is -2.29. The van der Waals surface area contributed by atoms with E-state index >= 15 is 0 Å². The minimum atomic E-state index is -0.0152. The molecule has 0 radical (unpaired) electrons. The molecule has 0 atom stereocenters. The van der Waals surface area contributed by atoms with E-state index in [1.165, 1.54) is 94.3 Å². The number of carbonyl (C=O) groups is 1. The van der Waals surface area contributed by atoms with Gasteiger partial charge in [-0.15, -0.1) is 0 Å². The molecule has 9 aromatic carbocycles. The van der Waals surface area contributed by atoms with Crippen molar-refractivity contribution in [3.63, 3.8) is 0 Å². The number of aryl methyl sites for hydroxylation is 2. The summed E-state index contributed by atoms with van der Waals surface area (Å²) in [6.45, 7) is 13.2. The molecule has 1 amide bonds. The van der Waals surface area contributed by atoms with Crippen molar-refractivity contribution >= 4 is 74.5 Å². The van der Waals surface area contributed by atoms with Crippen LogP contribution in [-0.4, -0.2) is 117 Å². The Bertz CT molecular complexity index is 3400.